The second kappa shape index (κ2) is 10.2. The first-order valence-electron chi connectivity index (χ1n) is 10.4. The van der Waals surface area contributed by atoms with Gasteiger partial charge in [0.15, 0.2) is 9.84 Å². The molecule has 2 aromatic carbocycles. The average molecular weight is 463 g/mol. The number of carbonyl (C=O) groups is 1. The zero-order valence-corrected chi connectivity index (χ0v) is 19.2. The van der Waals surface area contributed by atoms with Crippen LogP contribution in [-0.2, 0) is 9.84 Å². The molecule has 170 valence electrons. The van der Waals surface area contributed by atoms with Crippen LogP contribution in [0.5, 0.6) is 0 Å². The highest BCUT2D eigenvalue weighted by molar-refractivity contribution is 7.91. The van der Waals surface area contributed by atoms with Crippen molar-refractivity contribution >= 4 is 15.7 Å². The van der Waals surface area contributed by atoms with Gasteiger partial charge in [-0.05, 0) is 60.0 Å². The molecule has 1 aliphatic heterocycles. The Hall–Kier alpha value is -3.83. The van der Waals surface area contributed by atoms with E-state index in [1.165, 1.54) is 6.08 Å². The average Bonchev–Trinajstić information content (AvgIpc) is 2.81. The van der Waals surface area contributed by atoms with Gasteiger partial charge in [0.05, 0.1) is 29.0 Å². The number of hydrogen-bond acceptors (Lipinski definition) is 6. The van der Waals surface area contributed by atoms with Gasteiger partial charge in [0.2, 0.25) is 0 Å². The standard InChI is InChI=1S/C25H26N4O3S/c1-3-21(11-12-24(27)29-13-15-33(31,32)16-14-29)28-25(30)23-6-4-5-22(18(23)2)20-9-7-19(17-26)8-10-20/h3-12H,1,13-16,27H2,2H3,(H,28,30)/b21-11+,24-12+. The summed E-state index contributed by atoms with van der Waals surface area (Å²) in [5, 5.41) is 11.8. The van der Waals surface area contributed by atoms with Gasteiger partial charge in [-0.25, -0.2) is 8.42 Å². The molecule has 1 amide bonds. The van der Waals surface area contributed by atoms with Crippen molar-refractivity contribution in [2.75, 3.05) is 24.6 Å². The number of amides is 1. The van der Waals surface area contributed by atoms with E-state index in [0.29, 0.717) is 35.7 Å². The number of nitrogens with one attached hydrogen (secondary N) is 1. The molecule has 0 radical (unpaired) electrons. The summed E-state index contributed by atoms with van der Waals surface area (Å²) in [6, 6.07) is 14.8. The lowest BCUT2D eigenvalue weighted by Gasteiger charge is -2.28. The predicted octanol–water partition coefficient (Wildman–Crippen LogP) is 2.86. The van der Waals surface area contributed by atoms with Gasteiger partial charge in [0.25, 0.3) is 5.91 Å². The molecule has 0 unspecified atom stereocenters. The van der Waals surface area contributed by atoms with Gasteiger partial charge in [0.1, 0.15) is 0 Å². The van der Waals surface area contributed by atoms with Crippen molar-refractivity contribution in [2.24, 2.45) is 5.73 Å². The Bertz CT molecular complexity index is 1260. The molecule has 8 heteroatoms. The van der Waals surface area contributed by atoms with Crippen molar-refractivity contribution < 1.29 is 13.2 Å². The third-order valence-corrected chi connectivity index (χ3v) is 7.13. The minimum atomic E-state index is -2.99. The Labute approximate surface area is 194 Å². The van der Waals surface area contributed by atoms with Gasteiger partial charge in [-0.3, -0.25) is 4.79 Å². The number of carbonyl (C=O) groups excluding carboxylic acids is 1. The van der Waals surface area contributed by atoms with E-state index in [9.17, 15) is 13.2 Å². The summed E-state index contributed by atoms with van der Waals surface area (Å²) in [5.41, 5.74) is 10.3. The Balaban J connectivity index is 1.76. The van der Waals surface area contributed by atoms with Crippen molar-refractivity contribution in [3.8, 4) is 17.2 Å². The molecule has 33 heavy (non-hydrogen) atoms. The first-order chi connectivity index (χ1) is 15.7. The first kappa shape index (κ1) is 23.8. The molecular formula is C25H26N4O3S. The number of benzene rings is 2. The summed E-state index contributed by atoms with van der Waals surface area (Å²) in [4.78, 5) is 14.8. The number of sulfone groups is 1. The molecule has 0 bridgehead atoms. The largest absolute Gasteiger partial charge is 0.385 e. The Morgan fingerprint density at radius 3 is 2.42 bits per heavy atom. The zero-order chi connectivity index (χ0) is 24.0. The van der Waals surface area contributed by atoms with Crippen molar-refractivity contribution in [3.63, 3.8) is 0 Å². The second-order valence-electron chi connectivity index (χ2n) is 7.68. The Morgan fingerprint density at radius 2 is 1.82 bits per heavy atom. The molecule has 1 heterocycles. The number of rotatable bonds is 6. The zero-order valence-electron chi connectivity index (χ0n) is 18.4. The second-order valence-corrected chi connectivity index (χ2v) is 9.98. The van der Waals surface area contributed by atoms with Gasteiger partial charge in [-0.2, -0.15) is 5.26 Å². The van der Waals surface area contributed by atoms with E-state index < -0.39 is 9.84 Å². The smallest absolute Gasteiger partial charge is 0.255 e. The molecule has 7 nitrogen and oxygen atoms in total. The number of hydrogen-bond donors (Lipinski definition) is 2. The minimum absolute atomic E-state index is 0.0746. The van der Waals surface area contributed by atoms with Crippen LogP contribution >= 0.6 is 0 Å². The Morgan fingerprint density at radius 1 is 1.15 bits per heavy atom. The van der Waals surface area contributed by atoms with E-state index in [-0.39, 0.29) is 17.4 Å². The number of allylic oxidation sites excluding steroid dienone is 3. The molecule has 1 saturated heterocycles. The highest BCUT2D eigenvalue weighted by Crippen LogP contribution is 2.26. The van der Waals surface area contributed by atoms with Gasteiger partial charge in [-0.15, -0.1) is 0 Å². The predicted molar refractivity (Wildman–Crippen MR) is 130 cm³/mol. The SMILES string of the molecule is C=C/C(=C\C=C(/N)N1CCS(=O)(=O)CC1)NC(=O)c1cccc(-c2ccc(C#N)cc2)c1C. The lowest BCUT2D eigenvalue weighted by molar-refractivity contribution is 0.0966. The third-order valence-electron chi connectivity index (χ3n) is 5.52. The maximum atomic E-state index is 13.0. The molecule has 0 aromatic heterocycles. The summed E-state index contributed by atoms with van der Waals surface area (Å²) < 4.78 is 23.2. The van der Waals surface area contributed by atoms with Crippen molar-refractivity contribution in [1.82, 2.24) is 10.2 Å². The summed E-state index contributed by atoms with van der Waals surface area (Å²) in [6.45, 7) is 6.31. The van der Waals surface area contributed by atoms with E-state index in [2.05, 4.69) is 18.0 Å². The van der Waals surface area contributed by atoms with Gasteiger partial charge in [0, 0.05) is 24.4 Å². The van der Waals surface area contributed by atoms with Crippen LogP contribution in [0.25, 0.3) is 11.1 Å². The van der Waals surface area contributed by atoms with Crippen molar-refractivity contribution in [3.05, 3.63) is 95.5 Å². The fourth-order valence-corrected chi connectivity index (χ4v) is 4.73. The summed E-state index contributed by atoms with van der Waals surface area (Å²) >= 11 is 0. The van der Waals surface area contributed by atoms with Crippen molar-refractivity contribution in [2.45, 2.75) is 6.92 Å². The molecule has 3 N–H and O–H groups in total. The number of nitrogens with two attached hydrogens (primary N) is 1. The van der Waals surface area contributed by atoms with Crippen LogP contribution in [0, 0.1) is 18.3 Å². The lowest BCUT2D eigenvalue weighted by atomic mass is 9.95. The fourth-order valence-electron chi connectivity index (χ4n) is 3.53. The van der Waals surface area contributed by atoms with Crippen LogP contribution < -0.4 is 11.1 Å². The van der Waals surface area contributed by atoms with Crippen molar-refractivity contribution in [1.29, 1.82) is 5.26 Å². The van der Waals surface area contributed by atoms with Crippen LogP contribution in [0.2, 0.25) is 0 Å². The van der Waals surface area contributed by atoms with E-state index in [1.54, 1.807) is 35.3 Å². The highest BCUT2D eigenvalue weighted by Gasteiger charge is 2.21. The maximum Gasteiger partial charge on any atom is 0.255 e. The van der Waals surface area contributed by atoms with Crippen LogP contribution in [0.15, 0.2) is 78.8 Å². The molecule has 0 saturated carbocycles. The molecular weight excluding hydrogens is 436 g/mol. The molecule has 0 atom stereocenters. The van der Waals surface area contributed by atoms with Gasteiger partial charge >= 0.3 is 0 Å². The van der Waals surface area contributed by atoms with E-state index in [4.69, 9.17) is 11.0 Å². The molecule has 3 rings (SSSR count). The van der Waals surface area contributed by atoms with Crippen LogP contribution in [0.3, 0.4) is 0 Å². The summed E-state index contributed by atoms with van der Waals surface area (Å²) in [6.07, 6.45) is 4.79. The fraction of sp³-hybridized carbons (Fsp3) is 0.200. The van der Waals surface area contributed by atoms with E-state index in [0.717, 1.165) is 16.7 Å². The molecule has 1 aliphatic rings. The summed E-state index contributed by atoms with van der Waals surface area (Å²) in [5.74, 6) is 0.290. The molecule has 0 spiro atoms. The molecule has 0 aliphatic carbocycles. The van der Waals surface area contributed by atoms with E-state index in [1.807, 2.05) is 31.2 Å². The highest BCUT2D eigenvalue weighted by atomic mass is 32.2. The topological polar surface area (TPSA) is 116 Å². The Kier molecular flexibility index (Phi) is 7.36. The van der Waals surface area contributed by atoms with Gasteiger partial charge in [-0.1, -0.05) is 30.8 Å². The minimum Gasteiger partial charge on any atom is -0.385 e. The van der Waals surface area contributed by atoms with Gasteiger partial charge < -0.3 is 16.0 Å². The quantitative estimate of drug-likeness (QED) is 0.638. The molecule has 1 fully saturated rings. The monoisotopic (exact) mass is 462 g/mol. The van der Waals surface area contributed by atoms with E-state index >= 15 is 0 Å². The van der Waals surface area contributed by atoms with Crippen LogP contribution in [0.1, 0.15) is 21.5 Å². The van der Waals surface area contributed by atoms with Crippen LogP contribution in [0.4, 0.5) is 0 Å². The normalized spacial score (nSPS) is 16.1. The third kappa shape index (κ3) is 5.90. The summed E-state index contributed by atoms with van der Waals surface area (Å²) in [7, 11) is -2.99. The maximum absolute atomic E-state index is 13.0. The number of nitrogens with zero attached hydrogens (tertiary/aromatic N) is 2. The van der Waals surface area contributed by atoms with Crippen LogP contribution in [-0.4, -0.2) is 43.8 Å². The first-order valence-corrected chi connectivity index (χ1v) is 12.2. The number of nitriles is 1. The lowest BCUT2D eigenvalue weighted by Crippen LogP contribution is -2.41. The molecule has 2 aromatic rings.